The molecule has 0 spiro atoms. The molecule has 0 amide bonds. The monoisotopic (exact) mass is 211 g/mol. The number of rotatable bonds is 4. The lowest BCUT2D eigenvalue weighted by atomic mass is 9.84. The van der Waals surface area contributed by atoms with Crippen molar-refractivity contribution in [3.63, 3.8) is 0 Å². The molecule has 3 unspecified atom stereocenters. The summed E-state index contributed by atoms with van der Waals surface area (Å²) >= 11 is 0. The Morgan fingerprint density at radius 1 is 1.20 bits per heavy atom. The molecule has 2 saturated carbocycles. The van der Waals surface area contributed by atoms with Gasteiger partial charge in [-0.05, 0) is 50.5 Å². The van der Waals surface area contributed by atoms with Crippen LogP contribution in [0, 0.1) is 11.8 Å². The SMILES string of the molecule is CCN(CC1CC1)C1CC(C)CCC1O. The third kappa shape index (κ3) is 2.94. The van der Waals surface area contributed by atoms with E-state index in [9.17, 15) is 5.11 Å². The van der Waals surface area contributed by atoms with Gasteiger partial charge >= 0.3 is 0 Å². The van der Waals surface area contributed by atoms with Crippen LogP contribution in [0.4, 0.5) is 0 Å². The average Bonchev–Trinajstić information content (AvgIpc) is 3.02. The Morgan fingerprint density at radius 3 is 2.53 bits per heavy atom. The van der Waals surface area contributed by atoms with Crippen LogP contribution in [0.1, 0.15) is 46.0 Å². The van der Waals surface area contributed by atoms with E-state index in [0.29, 0.717) is 6.04 Å². The van der Waals surface area contributed by atoms with E-state index in [1.54, 1.807) is 0 Å². The Hall–Kier alpha value is -0.0800. The van der Waals surface area contributed by atoms with Crippen LogP contribution >= 0.6 is 0 Å². The van der Waals surface area contributed by atoms with Crippen LogP contribution < -0.4 is 0 Å². The average molecular weight is 211 g/mol. The highest BCUT2D eigenvalue weighted by Crippen LogP contribution is 2.33. The van der Waals surface area contributed by atoms with Gasteiger partial charge in [-0.25, -0.2) is 0 Å². The lowest BCUT2D eigenvalue weighted by Crippen LogP contribution is -2.47. The zero-order valence-corrected chi connectivity index (χ0v) is 10.2. The van der Waals surface area contributed by atoms with Crippen molar-refractivity contribution in [2.24, 2.45) is 11.8 Å². The summed E-state index contributed by atoms with van der Waals surface area (Å²) in [7, 11) is 0. The first kappa shape index (κ1) is 11.4. The van der Waals surface area contributed by atoms with Crippen molar-refractivity contribution in [2.45, 2.75) is 58.1 Å². The maximum atomic E-state index is 10.1. The molecule has 3 atom stereocenters. The fourth-order valence-electron chi connectivity index (χ4n) is 2.86. The quantitative estimate of drug-likeness (QED) is 0.771. The van der Waals surface area contributed by atoms with Crippen LogP contribution in [0.2, 0.25) is 0 Å². The molecule has 15 heavy (non-hydrogen) atoms. The number of hydrogen-bond donors (Lipinski definition) is 1. The highest BCUT2D eigenvalue weighted by atomic mass is 16.3. The summed E-state index contributed by atoms with van der Waals surface area (Å²) in [6.45, 7) is 6.88. The molecule has 1 N–H and O–H groups in total. The van der Waals surface area contributed by atoms with Gasteiger partial charge in [-0.15, -0.1) is 0 Å². The van der Waals surface area contributed by atoms with Crippen LogP contribution in [0.25, 0.3) is 0 Å². The topological polar surface area (TPSA) is 23.5 Å². The van der Waals surface area contributed by atoms with Crippen molar-refractivity contribution < 1.29 is 5.11 Å². The van der Waals surface area contributed by atoms with E-state index < -0.39 is 0 Å². The highest BCUT2D eigenvalue weighted by molar-refractivity contribution is 4.88. The minimum Gasteiger partial charge on any atom is -0.391 e. The Labute approximate surface area is 93.7 Å². The fourth-order valence-corrected chi connectivity index (χ4v) is 2.86. The van der Waals surface area contributed by atoms with Gasteiger partial charge < -0.3 is 5.11 Å². The van der Waals surface area contributed by atoms with E-state index >= 15 is 0 Å². The summed E-state index contributed by atoms with van der Waals surface area (Å²) in [5.74, 6) is 1.74. The third-order valence-electron chi connectivity index (χ3n) is 4.11. The predicted molar refractivity (Wildman–Crippen MR) is 62.8 cm³/mol. The van der Waals surface area contributed by atoms with E-state index in [1.165, 1.54) is 32.2 Å². The molecule has 0 radical (unpaired) electrons. The first-order valence-electron chi connectivity index (χ1n) is 6.62. The van der Waals surface area contributed by atoms with E-state index in [4.69, 9.17) is 0 Å². The molecule has 0 bridgehead atoms. The second kappa shape index (κ2) is 4.84. The molecule has 2 nitrogen and oxygen atoms in total. The van der Waals surface area contributed by atoms with Gasteiger partial charge in [0.15, 0.2) is 0 Å². The largest absolute Gasteiger partial charge is 0.391 e. The summed E-state index contributed by atoms with van der Waals surface area (Å²) in [6, 6.07) is 0.444. The number of aliphatic hydroxyl groups is 1. The lowest BCUT2D eigenvalue weighted by Gasteiger charge is -2.39. The number of nitrogens with zero attached hydrogens (tertiary/aromatic N) is 1. The van der Waals surface area contributed by atoms with Gasteiger partial charge in [0.25, 0.3) is 0 Å². The van der Waals surface area contributed by atoms with Crippen molar-refractivity contribution >= 4 is 0 Å². The van der Waals surface area contributed by atoms with E-state index in [2.05, 4.69) is 18.7 Å². The molecule has 2 rings (SSSR count). The van der Waals surface area contributed by atoms with Gasteiger partial charge in [-0.2, -0.15) is 0 Å². The normalized spacial score (nSPS) is 37.2. The Kier molecular flexibility index (Phi) is 3.68. The molecular weight excluding hydrogens is 186 g/mol. The van der Waals surface area contributed by atoms with Crippen LogP contribution in [0.15, 0.2) is 0 Å². The first-order chi connectivity index (χ1) is 7.20. The molecule has 0 aromatic heterocycles. The summed E-state index contributed by atoms with van der Waals surface area (Å²) in [5, 5.41) is 10.1. The highest BCUT2D eigenvalue weighted by Gasteiger charge is 2.33. The number of aliphatic hydroxyl groups excluding tert-OH is 1. The van der Waals surface area contributed by atoms with Crippen molar-refractivity contribution in [3.05, 3.63) is 0 Å². The molecule has 2 fully saturated rings. The number of hydrogen-bond acceptors (Lipinski definition) is 2. The Balaban J connectivity index is 1.91. The first-order valence-corrected chi connectivity index (χ1v) is 6.62. The maximum absolute atomic E-state index is 10.1. The smallest absolute Gasteiger partial charge is 0.0695 e. The molecule has 0 heterocycles. The van der Waals surface area contributed by atoms with E-state index in [-0.39, 0.29) is 6.10 Å². The van der Waals surface area contributed by atoms with Crippen molar-refractivity contribution in [1.29, 1.82) is 0 Å². The van der Waals surface area contributed by atoms with Gasteiger partial charge in [0.05, 0.1) is 6.10 Å². The van der Waals surface area contributed by atoms with Crippen molar-refractivity contribution in [3.8, 4) is 0 Å². The summed E-state index contributed by atoms with van der Waals surface area (Å²) in [6.07, 6.45) is 6.16. The number of likely N-dealkylation sites (N-methyl/N-ethyl adjacent to an activating group) is 1. The van der Waals surface area contributed by atoms with Crippen molar-refractivity contribution in [1.82, 2.24) is 4.90 Å². The van der Waals surface area contributed by atoms with E-state index in [1.807, 2.05) is 0 Å². The summed E-state index contributed by atoms with van der Waals surface area (Å²) in [4.78, 5) is 2.53. The summed E-state index contributed by atoms with van der Waals surface area (Å²) < 4.78 is 0. The molecule has 0 aromatic carbocycles. The molecule has 0 aliphatic heterocycles. The van der Waals surface area contributed by atoms with Crippen LogP contribution in [-0.4, -0.2) is 35.2 Å². The summed E-state index contributed by atoms with van der Waals surface area (Å²) in [5.41, 5.74) is 0. The molecule has 2 aliphatic carbocycles. The zero-order valence-electron chi connectivity index (χ0n) is 10.2. The zero-order chi connectivity index (χ0) is 10.8. The second-order valence-corrected chi connectivity index (χ2v) is 5.58. The van der Waals surface area contributed by atoms with Crippen LogP contribution in [0.5, 0.6) is 0 Å². The molecule has 0 aromatic rings. The van der Waals surface area contributed by atoms with Gasteiger partial charge in [0.1, 0.15) is 0 Å². The van der Waals surface area contributed by atoms with Gasteiger partial charge in [-0.1, -0.05) is 13.8 Å². The molecule has 88 valence electrons. The standard InChI is InChI=1S/C13H25NO/c1-3-14(9-11-5-6-11)12-8-10(2)4-7-13(12)15/h10-13,15H,3-9H2,1-2H3. The van der Waals surface area contributed by atoms with Crippen LogP contribution in [-0.2, 0) is 0 Å². The predicted octanol–water partition coefficient (Wildman–Crippen LogP) is 2.27. The van der Waals surface area contributed by atoms with Crippen molar-refractivity contribution in [2.75, 3.05) is 13.1 Å². The minimum absolute atomic E-state index is 0.0695. The fraction of sp³-hybridized carbons (Fsp3) is 1.00. The minimum atomic E-state index is -0.0695. The van der Waals surface area contributed by atoms with Gasteiger partial charge in [-0.3, -0.25) is 4.90 Å². The molecular formula is C13H25NO. The van der Waals surface area contributed by atoms with Crippen LogP contribution in [0.3, 0.4) is 0 Å². The van der Waals surface area contributed by atoms with Gasteiger partial charge in [0.2, 0.25) is 0 Å². The molecule has 0 saturated heterocycles. The molecule has 2 aliphatic rings. The Morgan fingerprint density at radius 2 is 1.93 bits per heavy atom. The maximum Gasteiger partial charge on any atom is 0.0695 e. The van der Waals surface area contributed by atoms with Gasteiger partial charge in [0, 0.05) is 12.6 Å². The molecule has 2 heteroatoms. The van der Waals surface area contributed by atoms with E-state index in [0.717, 1.165) is 24.8 Å². The second-order valence-electron chi connectivity index (χ2n) is 5.58. The Bertz CT molecular complexity index is 203. The lowest BCUT2D eigenvalue weighted by molar-refractivity contribution is 0.00587. The third-order valence-corrected chi connectivity index (χ3v) is 4.11.